The molecule has 200 valence electrons. The minimum absolute atomic E-state index is 0.0274. The van der Waals surface area contributed by atoms with E-state index in [4.69, 9.17) is 49.0 Å². The number of esters is 1. The molecule has 0 saturated carbocycles. The van der Waals surface area contributed by atoms with Crippen LogP contribution in [0.2, 0.25) is 10.0 Å². The van der Waals surface area contributed by atoms with Gasteiger partial charge in [-0.1, -0.05) is 56.1 Å². The van der Waals surface area contributed by atoms with Crippen molar-refractivity contribution in [2.24, 2.45) is 5.92 Å². The van der Waals surface area contributed by atoms with Crippen molar-refractivity contribution in [3.8, 4) is 11.5 Å². The summed E-state index contributed by atoms with van der Waals surface area (Å²) in [5, 5.41) is 0.675. The van der Waals surface area contributed by atoms with E-state index in [1.54, 1.807) is 12.1 Å². The maximum absolute atomic E-state index is 11.3. The first kappa shape index (κ1) is 30.6. The summed E-state index contributed by atoms with van der Waals surface area (Å²) >= 11 is 18.8. The summed E-state index contributed by atoms with van der Waals surface area (Å²) < 4.78 is 39.3. The van der Waals surface area contributed by atoms with Crippen LogP contribution in [0, 0.1) is 5.92 Å². The van der Waals surface area contributed by atoms with E-state index in [0.29, 0.717) is 34.6 Å². The zero-order valence-electron chi connectivity index (χ0n) is 21.1. The number of alkyl halides is 1. The van der Waals surface area contributed by atoms with E-state index >= 15 is 0 Å². The van der Waals surface area contributed by atoms with Crippen LogP contribution in [0.5, 0.6) is 11.5 Å². The Kier molecular flexibility index (Phi) is 11.2. The van der Waals surface area contributed by atoms with Gasteiger partial charge in [0.15, 0.2) is 5.75 Å². The Balaban J connectivity index is 2.09. The van der Waals surface area contributed by atoms with Crippen LogP contribution in [-0.2, 0) is 24.8 Å². The number of benzene rings is 2. The smallest absolute Gasteiger partial charge is 0.303 e. The summed E-state index contributed by atoms with van der Waals surface area (Å²) in [7, 11) is -2.98. The van der Waals surface area contributed by atoms with E-state index in [1.807, 2.05) is 31.2 Å². The number of halogens is 3. The van der Waals surface area contributed by atoms with E-state index in [2.05, 4.69) is 13.8 Å². The lowest BCUT2D eigenvalue weighted by Crippen LogP contribution is -2.26. The van der Waals surface area contributed by atoms with Crippen molar-refractivity contribution in [2.75, 3.05) is 31.1 Å². The number of hydrogen-bond acceptors (Lipinski definition) is 6. The average molecular weight is 580 g/mol. The molecule has 2 rings (SSSR count). The molecule has 6 nitrogen and oxygen atoms in total. The van der Waals surface area contributed by atoms with Crippen LogP contribution < -0.4 is 9.47 Å². The number of hydrogen-bond donors (Lipinski definition) is 0. The van der Waals surface area contributed by atoms with Crippen LogP contribution in [0.25, 0.3) is 0 Å². The lowest BCUT2D eigenvalue weighted by molar-refractivity contribution is -0.146. The molecular weight excluding hydrogens is 547 g/mol. The zero-order chi connectivity index (χ0) is 27.1. The number of sulfone groups is 1. The standard InChI is InChI=1S/C26H33Cl3O6S/c1-17(10-11-36(5,31)32)15-33-21-8-6-19(7-9-21)26(3,4)20-12-23(28)25(24(29)13-20)34-16-22(14-27)35-18(2)30/h6-9,12-13,17,22H,10-11,14-16H2,1-5H3/t17-,22-/m1/s1. The van der Waals surface area contributed by atoms with E-state index in [-0.39, 0.29) is 24.2 Å². The van der Waals surface area contributed by atoms with Gasteiger partial charge < -0.3 is 14.2 Å². The average Bonchev–Trinajstić information content (AvgIpc) is 2.79. The molecule has 0 unspecified atom stereocenters. The van der Waals surface area contributed by atoms with Crippen LogP contribution in [-0.4, -0.2) is 51.6 Å². The second-order valence-electron chi connectivity index (χ2n) is 9.45. The Morgan fingerprint density at radius 3 is 2.08 bits per heavy atom. The molecule has 0 aliphatic rings. The molecule has 0 aliphatic carbocycles. The first-order chi connectivity index (χ1) is 16.7. The van der Waals surface area contributed by atoms with Crippen molar-refractivity contribution in [1.82, 2.24) is 0 Å². The molecule has 0 radical (unpaired) electrons. The van der Waals surface area contributed by atoms with Gasteiger partial charge in [-0.15, -0.1) is 11.6 Å². The molecule has 0 N–H and O–H groups in total. The molecule has 10 heteroatoms. The van der Waals surface area contributed by atoms with Crippen molar-refractivity contribution < 1.29 is 27.4 Å². The molecule has 0 fully saturated rings. The van der Waals surface area contributed by atoms with Crippen LogP contribution in [0.3, 0.4) is 0 Å². The minimum atomic E-state index is -2.98. The van der Waals surface area contributed by atoms with E-state index < -0.39 is 27.3 Å². The third-order valence-corrected chi connectivity index (χ3v) is 7.61. The third kappa shape index (κ3) is 9.33. The topological polar surface area (TPSA) is 78.9 Å². The van der Waals surface area contributed by atoms with Gasteiger partial charge in [-0.3, -0.25) is 4.79 Å². The van der Waals surface area contributed by atoms with Gasteiger partial charge >= 0.3 is 5.97 Å². The van der Waals surface area contributed by atoms with E-state index in [9.17, 15) is 13.2 Å². The van der Waals surface area contributed by atoms with Crippen molar-refractivity contribution in [3.05, 3.63) is 57.6 Å². The number of carbonyl (C=O) groups excluding carboxylic acids is 1. The van der Waals surface area contributed by atoms with Crippen molar-refractivity contribution in [2.45, 2.75) is 45.6 Å². The van der Waals surface area contributed by atoms with Crippen LogP contribution >= 0.6 is 34.8 Å². The van der Waals surface area contributed by atoms with Gasteiger partial charge in [0.25, 0.3) is 0 Å². The fourth-order valence-electron chi connectivity index (χ4n) is 3.45. The molecule has 2 aromatic carbocycles. The summed E-state index contributed by atoms with van der Waals surface area (Å²) in [6, 6.07) is 11.3. The molecule has 36 heavy (non-hydrogen) atoms. The van der Waals surface area contributed by atoms with Gasteiger partial charge in [0.05, 0.1) is 28.3 Å². The number of ether oxygens (including phenoxy) is 3. The summed E-state index contributed by atoms with van der Waals surface area (Å²) in [6.07, 6.45) is 1.18. The van der Waals surface area contributed by atoms with Gasteiger partial charge in [-0.25, -0.2) is 8.42 Å². The molecule has 0 spiro atoms. The van der Waals surface area contributed by atoms with Crippen molar-refractivity contribution in [1.29, 1.82) is 0 Å². The van der Waals surface area contributed by atoms with Crippen molar-refractivity contribution in [3.63, 3.8) is 0 Å². The SMILES string of the molecule is CC(=O)O[C@H](CCl)COc1c(Cl)cc(C(C)(C)c2ccc(OC[C@H](C)CCS(C)(=O)=O)cc2)cc1Cl. The Bertz CT molecular complexity index is 1110. The Hall–Kier alpha value is -1.67. The Morgan fingerprint density at radius 2 is 1.58 bits per heavy atom. The highest BCUT2D eigenvalue weighted by Gasteiger charge is 2.26. The highest BCUT2D eigenvalue weighted by Crippen LogP contribution is 2.40. The summed E-state index contributed by atoms with van der Waals surface area (Å²) in [6.45, 7) is 7.85. The van der Waals surface area contributed by atoms with Gasteiger partial charge in [0.2, 0.25) is 0 Å². The lowest BCUT2D eigenvalue weighted by atomic mass is 9.78. The maximum Gasteiger partial charge on any atom is 0.303 e. The van der Waals surface area contributed by atoms with Crippen LogP contribution in [0.15, 0.2) is 36.4 Å². The highest BCUT2D eigenvalue weighted by atomic mass is 35.5. The zero-order valence-corrected chi connectivity index (χ0v) is 24.2. The van der Waals surface area contributed by atoms with Crippen LogP contribution in [0.4, 0.5) is 0 Å². The summed E-state index contributed by atoms with van der Waals surface area (Å²) in [4.78, 5) is 11.2. The summed E-state index contributed by atoms with van der Waals surface area (Å²) in [5.41, 5.74) is 1.49. The molecule has 0 saturated heterocycles. The third-order valence-electron chi connectivity index (χ3n) is 5.73. The predicted molar refractivity (Wildman–Crippen MR) is 146 cm³/mol. The fourth-order valence-corrected chi connectivity index (χ4v) is 5.03. The van der Waals surface area contributed by atoms with Gasteiger partial charge in [0, 0.05) is 18.6 Å². The lowest BCUT2D eigenvalue weighted by Gasteiger charge is -2.27. The fraction of sp³-hybridized carbons (Fsp3) is 0.500. The highest BCUT2D eigenvalue weighted by molar-refractivity contribution is 7.90. The van der Waals surface area contributed by atoms with E-state index in [1.165, 1.54) is 13.2 Å². The van der Waals surface area contributed by atoms with Gasteiger partial charge in [-0.2, -0.15) is 0 Å². The van der Waals surface area contributed by atoms with E-state index in [0.717, 1.165) is 11.1 Å². The second-order valence-corrected chi connectivity index (χ2v) is 12.8. The molecule has 0 bridgehead atoms. The maximum atomic E-state index is 11.3. The molecular formula is C26H33Cl3O6S. The predicted octanol–water partition coefficient (Wildman–Crippen LogP) is 6.32. The van der Waals surface area contributed by atoms with Gasteiger partial charge in [-0.05, 0) is 47.7 Å². The van der Waals surface area contributed by atoms with Crippen molar-refractivity contribution >= 4 is 50.6 Å². The monoisotopic (exact) mass is 578 g/mol. The first-order valence-electron chi connectivity index (χ1n) is 11.5. The normalized spacial score (nSPS) is 13.7. The minimum Gasteiger partial charge on any atom is -0.493 e. The van der Waals surface area contributed by atoms with Gasteiger partial charge in [0.1, 0.15) is 28.3 Å². The molecule has 2 aromatic rings. The largest absolute Gasteiger partial charge is 0.493 e. The summed E-state index contributed by atoms with van der Waals surface area (Å²) in [5.74, 6) is 0.917. The molecule has 2 atom stereocenters. The number of rotatable bonds is 13. The molecule has 0 aromatic heterocycles. The Morgan fingerprint density at radius 1 is 1.00 bits per heavy atom. The van der Waals surface area contributed by atoms with Crippen LogP contribution in [0.1, 0.15) is 45.2 Å². The molecule has 0 heterocycles. The Labute approximate surface area is 229 Å². The molecule has 0 amide bonds. The first-order valence-corrected chi connectivity index (χ1v) is 14.8. The molecule has 0 aliphatic heterocycles. The second kappa shape index (κ2) is 13.2. The quantitative estimate of drug-likeness (QED) is 0.204. The number of carbonyl (C=O) groups is 1.